The molecule has 2 unspecified atom stereocenters. The molecule has 5 aliphatic heterocycles. The van der Waals surface area contributed by atoms with Crippen LogP contribution in [0.5, 0.6) is 23.0 Å². The highest BCUT2D eigenvalue weighted by molar-refractivity contribution is 7.87. The fraction of sp³-hybridized carbons (Fsp3) is 0.636. The first kappa shape index (κ1) is 97.5. The van der Waals surface area contributed by atoms with Gasteiger partial charge < -0.3 is 81.5 Å². The number of carboxylic acids is 2. The van der Waals surface area contributed by atoms with Crippen LogP contribution in [0.25, 0.3) is 44.6 Å². The highest BCUT2D eigenvalue weighted by Gasteiger charge is 2.63. The minimum absolute atomic E-state index is 0.0281. The number of likely N-dealkylation sites (N-methyl/N-ethyl adjacent to an activating group) is 2. The largest absolute Gasteiger partial charge is 0.497 e. The Labute approximate surface area is 758 Å². The number of hydrogen-bond donors (Lipinski definition) is 10. The Bertz CT molecular complexity index is 5260. The normalized spacial score (nSPS) is 25.2. The third-order valence-electron chi connectivity index (χ3n) is 25.3. The monoisotopic (exact) mass is 1850 g/mol. The summed E-state index contributed by atoms with van der Waals surface area (Å²) in [6, 6.07) is 7.86. The number of carbonyl (C=O) groups excluding carboxylic acids is 6. The van der Waals surface area contributed by atoms with Gasteiger partial charge in [-0.05, 0) is 113 Å². The van der Waals surface area contributed by atoms with Crippen molar-refractivity contribution in [1.82, 2.24) is 78.9 Å². The fourth-order valence-electron chi connectivity index (χ4n) is 17.4. The number of urea groups is 2. The zero-order valence-corrected chi connectivity index (χ0v) is 79.5. The number of anilines is 2. The van der Waals surface area contributed by atoms with E-state index in [1.54, 1.807) is 50.6 Å². The molecule has 2 saturated carbocycles. The summed E-state index contributed by atoms with van der Waals surface area (Å²) < 4.78 is 81.3. The van der Waals surface area contributed by atoms with Crippen LogP contribution in [-0.2, 0) is 49.2 Å². The summed E-state index contributed by atoms with van der Waals surface area (Å²) in [6.07, 6.45) is 9.03. The summed E-state index contributed by atoms with van der Waals surface area (Å²) in [4.78, 5) is 134. The van der Waals surface area contributed by atoms with E-state index >= 15 is 0 Å². The fourth-order valence-corrected chi connectivity index (χ4v) is 21.4. The van der Waals surface area contributed by atoms with Crippen LogP contribution in [0.1, 0.15) is 185 Å². The van der Waals surface area contributed by atoms with Crippen LogP contribution < -0.4 is 61.5 Å². The van der Waals surface area contributed by atoms with Crippen LogP contribution in [-0.4, -0.2) is 275 Å². The lowest BCUT2D eigenvalue weighted by Crippen LogP contribution is -2.59. The number of hydrogen-bond acceptors (Lipinski definition) is 24. The molecule has 702 valence electrons. The first-order chi connectivity index (χ1) is 60.4. The van der Waals surface area contributed by atoms with Gasteiger partial charge in [0, 0.05) is 137 Å². The Hall–Kier alpha value is -9.58. The van der Waals surface area contributed by atoms with Crippen LogP contribution in [0.2, 0.25) is 0 Å². The molecule has 7 fully saturated rings. The maximum Gasteiger partial charge on any atom is 0.329 e. The number of ether oxygens (including phenoxy) is 4. The zero-order valence-electron chi connectivity index (χ0n) is 76.2. The standard InChI is InChI=1S/C44H63N9O9S2.C44H65N9O9S2/c1-26(2)45-42-48-34(25-63-42)33-21-36(30-16-15-28(61-7)19-32(30)46-33)62-29-20-35-38(54)50-44(40(56)57)22-27(44)13-11-9-8-10-12-14-31(39(55)53(35)23-29)47-41(58)49-37(43(3,4)5)24-52-18-17-51(6)64(52,59)60;1-26(2)45-42-48-34(25-63-42)33-21-36(30-18-17-28(61-9)19-32(30)46-33)62-29-20-35-38(54)50-44(40(56)57)22-27(44)15-13-11-10-12-14-16-31(39(55)53(35)23-29)47-41(58)49-37(43(3,4)5)24-52(8)64(59,60)51(6)7/h15-16,19,21,25-27,29,31,35,37H,8-14,17-18,20,22-24H2,1-7H3,(H,45,48)(H,50,54)(H,56,57)(H2,47,49,58);17-19,21,25-27,29,31,35,37H,10-16,20,22-24H2,1-9H3,(H,45,48)(H,50,54)(H,56,57)(H2,47,49,58)/t2*27?,29-,31+,35+,37-,44-/m11/s1. The molecule has 6 aromatic rings. The lowest BCUT2D eigenvalue weighted by molar-refractivity contribution is -0.146. The average molecular weight is 1850 g/mol. The molecular formula is C88H128N18O18S4. The molecule has 10 N–H and O–H groups in total. The number of thiazole rings is 2. The molecule has 128 heavy (non-hydrogen) atoms. The van der Waals surface area contributed by atoms with Crippen molar-refractivity contribution in [3.63, 3.8) is 0 Å². The summed E-state index contributed by atoms with van der Waals surface area (Å²) in [7, 11) is 1.50. The van der Waals surface area contributed by atoms with E-state index < -0.39 is 138 Å². The maximum absolute atomic E-state index is 14.9. The molecule has 0 spiro atoms. The Kier molecular flexibility index (Phi) is 30.8. The Morgan fingerprint density at radius 3 is 1.37 bits per heavy atom. The third-order valence-corrected chi connectivity index (χ3v) is 30.7. The second kappa shape index (κ2) is 40.4. The van der Waals surface area contributed by atoms with E-state index in [4.69, 9.17) is 38.9 Å². The van der Waals surface area contributed by atoms with Crippen LogP contribution >= 0.6 is 22.7 Å². The average Bonchev–Trinajstić information content (AvgIpc) is 1.58. The minimum Gasteiger partial charge on any atom is -0.497 e. The summed E-state index contributed by atoms with van der Waals surface area (Å²) in [5, 5.41) is 51.5. The summed E-state index contributed by atoms with van der Waals surface area (Å²) in [5.41, 5.74) is -0.479. The third kappa shape index (κ3) is 23.0. The van der Waals surface area contributed by atoms with Crippen molar-refractivity contribution in [2.45, 2.75) is 256 Å². The number of nitrogens with one attached hydrogen (secondary N) is 8. The number of rotatable bonds is 24. The van der Waals surface area contributed by atoms with Gasteiger partial charge in [-0.15, -0.1) is 22.7 Å². The van der Waals surface area contributed by atoms with E-state index in [0.29, 0.717) is 113 Å². The van der Waals surface area contributed by atoms with Crippen LogP contribution in [0.3, 0.4) is 0 Å². The molecule has 7 aliphatic rings. The number of aliphatic carboxylic acids is 2. The summed E-state index contributed by atoms with van der Waals surface area (Å²) in [5.74, 6) is -2.77. The number of pyridine rings is 2. The number of fused-ring (bicyclic) bond motifs is 6. The number of carboxylic acid groups (broad SMARTS) is 2. The molecule has 8 amide bonds. The van der Waals surface area contributed by atoms with Gasteiger partial charge in [-0.3, -0.25) is 19.2 Å². The van der Waals surface area contributed by atoms with Crippen LogP contribution in [0.15, 0.2) is 59.3 Å². The lowest BCUT2D eigenvalue weighted by atomic mass is 9.86. The smallest absolute Gasteiger partial charge is 0.329 e. The number of aromatic nitrogens is 4. The molecule has 4 aromatic heterocycles. The van der Waals surface area contributed by atoms with Gasteiger partial charge in [-0.1, -0.05) is 106 Å². The first-order valence-corrected chi connectivity index (χ1v) is 48.9. The topological polar surface area (TPSA) is 449 Å². The highest BCUT2D eigenvalue weighted by atomic mass is 32.2. The van der Waals surface area contributed by atoms with Crippen molar-refractivity contribution in [2.75, 3.05) is 92.3 Å². The van der Waals surface area contributed by atoms with Crippen molar-refractivity contribution < 1.29 is 84.4 Å². The molecule has 13 rings (SSSR count). The number of nitrogens with zero attached hydrogens (tertiary/aromatic N) is 10. The molecule has 5 saturated heterocycles. The van der Waals surface area contributed by atoms with Gasteiger partial charge in [0.2, 0.25) is 23.6 Å². The molecule has 12 atom stereocenters. The number of benzene rings is 2. The number of methoxy groups -OCH3 is 2. The van der Waals surface area contributed by atoms with Gasteiger partial charge in [-0.25, -0.2) is 39.1 Å². The van der Waals surface area contributed by atoms with Gasteiger partial charge in [0.25, 0.3) is 20.4 Å². The predicted molar refractivity (Wildman–Crippen MR) is 489 cm³/mol. The minimum atomic E-state index is -3.79. The van der Waals surface area contributed by atoms with E-state index in [9.17, 15) is 65.4 Å². The first-order valence-electron chi connectivity index (χ1n) is 44.4. The molecule has 2 aromatic carbocycles. The molecule has 36 nitrogen and oxygen atoms in total. The van der Waals surface area contributed by atoms with Crippen molar-refractivity contribution in [3.05, 3.63) is 59.3 Å². The molecule has 0 radical (unpaired) electrons. The molecule has 2 aliphatic carbocycles. The van der Waals surface area contributed by atoms with Gasteiger partial charge >= 0.3 is 24.0 Å². The quantitative estimate of drug-likeness (QED) is 0.0269. The molecular weight excluding hydrogens is 1730 g/mol. The Balaban J connectivity index is 0.000000232. The predicted octanol–water partition coefficient (Wildman–Crippen LogP) is 9.87. The number of carbonyl (C=O) groups is 8. The van der Waals surface area contributed by atoms with Gasteiger partial charge in [0.15, 0.2) is 10.3 Å². The second-order valence-corrected chi connectivity index (χ2v) is 43.9. The lowest BCUT2D eigenvalue weighted by Gasteiger charge is -2.35. The van der Waals surface area contributed by atoms with Crippen LogP contribution in [0.4, 0.5) is 19.9 Å². The molecule has 40 heteroatoms. The molecule has 0 bridgehead atoms. The maximum atomic E-state index is 14.9. The van der Waals surface area contributed by atoms with Crippen molar-refractivity contribution >= 4 is 123 Å². The van der Waals surface area contributed by atoms with E-state index in [-0.39, 0.29) is 82.3 Å². The van der Waals surface area contributed by atoms with Crippen LogP contribution in [0, 0.1) is 22.7 Å². The van der Waals surface area contributed by atoms with E-state index in [2.05, 4.69) is 42.5 Å². The highest BCUT2D eigenvalue weighted by Crippen LogP contribution is 2.50. The van der Waals surface area contributed by atoms with Crippen molar-refractivity contribution in [3.8, 4) is 45.8 Å². The Morgan fingerprint density at radius 1 is 0.586 bits per heavy atom. The van der Waals surface area contributed by atoms with Crippen molar-refractivity contribution in [1.29, 1.82) is 0 Å². The summed E-state index contributed by atoms with van der Waals surface area (Å²) in [6.45, 7) is 20.0. The van der Waals surface area contributed by atoms with Crippen molar-refractivity contribution in [2.24, 2.45) is 22.7 Å². The zero-order chi connectivity index (χ0) is 92.9. The number of amides is 8. The van der Waals surface area contributed by atoms with Gasteiger partial charge in [0.1, 0.15) is 81.8 Å². The van der Waals surface area contributed by atoms with Gasteiger partial charge in [-0.2, -0.15) is 34.1 Å². The summed E-state index contributed by atoms with van der Waals surface area (Å²) >= 11 is 2.90. The van der Waals surface area contributed by atoms with E-state index in [0.717, 1.165) is 65.9 Å². The molecule has 9 heterocycles. The SMILES string of the molecule is COc1ccc2c(O[C@@H]3C[C@H]4C(=O)N[C@]5(C(=O)O)CC5CCCCCCC[C@H](NC(=O)N[C@H](CN(C)S(=O)(=O)N(C)C)C(C)(C)C)C(=O)N4C3)cc(-c3csc(NC(C)C)n3)nc2c1.COc1ccc2c(O[C@@H]3C[C@H]4C(=O)N[C@]5(C(=O)O)CC5CCCCCCC[C@H](NC(=O)N[C@H](CN5CCN(C)S5(=O)=O)C(C)(C)C)C(=O)N4C3)cc(-c3csc(NC(C)C)n3)nc2c1. The van der Waals surface area contributed by atoms with Gasteiger partial charge in [0.05, 0.1) is 49.7 Å². The van der Waals surface area contributed by atoms with E-state index in [1.165, 1.54) is 73.6 Å². The van der Waals surface area contributed by atoms with E-state index in [1.807, 2.05) is 92.1 Å². The second-order valence-electron chi connectivity index (χ2n) is 37.9. The Morgan fingerprint density at radius 2 is 0.992 bits per heavy atom.